The maximum Gasteiger partial charge on any atom is 0.416 e. The standard InChI is InChI=1S/C13H6ClF3N2S/c14-11-9-2-1-8(13(15,16)17)5-10(9)18-12(19-11)7-3-4-20-6-7/h1-6H. The Hall–Kier alpha value is -1.66. The lowest BCUT2D eigenvalue weighted by molar-refractivity contribution is -0.137. The monoisotopic (exact) mass is 314 g/mol. The lowest BCUT2D eigenvalue weighted by atomic mass is 10.1. The van der Waals surface area contributed by atoms with E-state index >= 15 is 0 Å². The summed E-state index contributed by atoms with van der Waals surface area (Å²) in [6.45, 7) is 0. The molecule has 0 radical (unpaired) electrons. The van der Waals surface area contributed by atoms with Gasteiger partial charge in [-0.25, -0.2) is 9.97 Å². The second-order valence-corrected chi connectivity index (χ2v) is 5.22. The van der Waals surface area contributed by atoms with E-state index in [-0.39, 0.29) is 10.7 Å². The number of halogens is 4. The SMILES string of the molecule is FC(F)(F)c1ccc2c(Cl)nc(-c3ccsc3)nc2c1. The summed E-state index contributed by atoms with van der Waals surface area (Å²) in [7, 11) is 0. The third-order valence-electron chi connectivity index (χ3n) is 2.76. The van der Waals surface area contributed by atoms with Crippen molar-refractivity contribution in [1.29, 1.82) is 0 Å². The fourth-order valence-electron chi connectivity index (χ4n) is 1.79. The van der Waals surface area contributed by atoms with Crippen LogP contribution >= 0.6 is 22.9 Å². The van der Waals surface area contributed by atoms with E-state index in [1.54, 1.807) is 6.07 Å². The van der Waals surface area contributed by atoms with Crippen LogP contribution in [0.2, 0.25) is 5.15 Å². The largest absolute Gasteiger partial charge is 0.416 e. The lowest BCUT2D eigenvalue weighted by Gasteiger charge is -2.08. The second kappa shape index (κ2) is 4.71. The first-order valence-electron chi connectivity index (χ1n) is 5.52. The molecule has 7 heteroatoms. The van der Waals surface area contributed by atoms with E-state index in [9.17, 15) is 13.2 Å². The van der Waals surface area contributed by atoms with Crippen molar-refractivity contribution < 1.29 is 13.2 Å². The molecule has 0 unspecified atom stereocenters. The third-order valence-corrected chi connectivity index (χ3v) is 3.73. The number of benzene rings is 1. The quantitative estimate of drug-likeness (QED) is 0.589. The van der Waals surface area contributed by atoms with Gasteiger partial charge in [0.2, 0.25) is 0 Å². The summed E-state index contributed by atoms with van der Waals surface area (Å²) >= 11 is 7.47. The average Bonchev–Trinajstić information content (AvgIpc) is 2.90. The minimum atomic E-state index is -4.41. The summed E-state index contributed by atoms with van der Waals surface area (Å²) in [5.41, 5.74) is 0.160. The van der Waals surface area contributed by atoms with Gasteiger partial charge in [-0.3, -0.25) is 0 Å². The fourth-order valence-corrected chi connectivity index (χ4v) is 2.66. The molecule has 0 atom stereocenters. The van der Waals surface area contributed by atoms with Crippen molar-refractivity contribution in [3.8, 4) is 11.4 Å². The Morgan fingerprint density at radius 2 is 1.90 bits per heavy atom. The number of thiophene rings is 1. The van der Waals surface area contributed by atoms with E-state index in [0.29, 0.717) is 11.2 Å². The summed E-state index contributed by atoms with van der Waals surface area (Å²) < 4.78 is 38.1. The molecule has 0 bridgehead atoms. The zero-order valence-corrected chi connectivity index (χ0v) is 11.4. The molecule has 0 saturated heterocycles. The van der Waals surface area contributed by atoms with Crippen molar-refractivity contribution in [2.45, 2.75) is 6.18 Å². The van der Waals surface area contributed by atoms with Crippen molar-refractivity contribution in [2.24, 2.45) is 0 Å². The van der Waals surface area contributed by atoms with Crippen molar-refractivity contribution in [2.75, 3.05) is 0 Å². The second-order valence-electron chi connectivity index (χ2n) is 4.08. The molecule has 3 rings (SSSR count). The molecule has 102 valence electrons. The highest BCUT2D eigenvalue weighted by atomic mass is 35.5. The molecule has 2 aromatic heterocycles. The molecule has 2 heterocycles. The van der Waals surface area contributed by atoms with Gasteiger partial charge in [0.25, 0.3) is 0 Å². The smallest absolute Gasteiger partial charge is 0.228 e. The van der Waals surface area contributed by atoms with Gasteiger partial charge in [-0.2, -0.15) is 24.5 Å². The van der Waals surface area contributed by atoms with Crippen LogP contribution in [0.15, 0.2) is 35.0 Å². The Morgan fingerprint density at radius 3 is 2.55 bits per heavy atom. The first kappa shape index (κ1) is 13.3. The topological polar surface area (TPSA) is 25.8 Å². The molecular formula is C13H6ClF3N2S. The van der Waals surface area contributed by atoms with Crippen molar-refractivity contribution in [1.82, 2.24) is 9.97 Å². The molecule has 0 fully saturated rings. The molecule has 0 saturated carbocycles. The van der Waals surface area contributed by atoms with Gasteiger partial charge in [-0.05, 0) is 29.6 Å². The number of hydrogen-bond acceptors (Lipinski definition) is 3. The number of hydrogen-bond donors (Lipinski definition) is 0. The fraction of sp³-hybridized carbons (Fsp3) is 0.0769. The van der Waals surface area contributed by atoms with Crippen LogP contribution in [0, 0.1) is 0 Å². The summed E-state index contributed by atoms with van der Waals surface area (Å²) in [6, 6.07) is 5.04. The van der Waals surface area contributed by atoms with Gasteiger partial charge >= 0.3 is 6.18 Å². The first-order chi connectivity index (χ1) is 9.45. The summed E-state index contributed by atoms with van der Waals surface area (Å²) in [6.07, 6.45) is -4.41. The van der Waals surface area contributed by atoms with Crippen LogP contribution in [0.1, 0.15) is 5.56 Å². The van der Waals surface area contributed by atoms with Gasteiger partial charge < -0.3 is 0 Å². The Balaban J connectivity index is 2.23. The molecule has 0 aliphatic rings. The number of nitrogens with zero attached hydrogens (tertiary/aromatic N) is 2. The Bertz CT molecular complexity index is 769. The van der Waals surface area contributed by atoms with Gasteiger partial charge in [0.1, 0.15) is 5.15 Å². The molecule has 0 N–H and O–H groups in total. The summed E-state index contributed by atoms with van der Waals surface area (Å²) in [5.74, 6) is 0.322. The molecule has 20 heavy (non-hydrogen) atoms. The first-order valence-corrected chi connectivity index (χ1v) is 6.84. The normalized spacial score (nSPS) is 12.0. The van der Waals surface area contributed by atoms with E-state index in [1.807, 2.05) is 10.8 Å². The van der Waals surface area contributed by atoms with Gasteiger partial charge in [-0.15, -0.1) is 0 Å². The van der Waals surface area contributed by atoms with Crippen LogP contribution in [0.4, 0.5) is 13.2 Å². The zero-order valence-electron chi connectivity index (χ0n) is 9.78. The number of alkyl halides is 3. The van der Waals surface area contributed by atoms with Gasteiger partial charge in [0.05, 0.1) is 11.1 Å². The Labute approximate surface area is 120 Å². The summed E-state index contributed by atoms with van der Waals surface area (Å²) in [4.78, 5) is 8.28. The molecular weight excluding hydrogens is 309 g/mol. The third kappa shape index (κ3) is 2.36. The molecule has 2 nitrogen and oxygen atoms in total. The average molecular weight is 315 g/mol. The minimum Gasteiger partial charge on any atom is -0.228 e. The highest BCUT2D eigenvalue weighted by Crippen LogP contribution is 2.33. The molecule has 0 aliphatic carbocycles. The van der Waals surface area contributed by atoms with E-state index in [0.717, 1.165) is 17.7 Å². The van der Waals surface area contributed by atoms with Crippen LogP contribution in [-0.4, -0.2) is 9.97 Å². The molecule has 3 aromatic rings. The molecule has 0 aliphatic heterocycles. The zero-order chi connectivity index (χ0) is 14.3. The van der Waals surface area contributed by atoms with E-state index < -0.39 is 11.7 Å². The van der Waals surface area contributed by atoms with Crippen molar-refractivity contribution in [3.05, 3.63) is 45.7 Å². The van der Waals surface area contributed by atoms with E-state index in [4.69, 9.17) is 11.6 Å². The van der Waals surface area contributed by atoms with Gasteiger partial charge in [0, 0.05) is 16.3 Å². The Kier molecular flexibility index (Phi) is 3.14. The maximum atomic E-state index is 12.7. The molecule has 0 amide bonds. The van der Waals surface area contributed by atoms with Crippen LogP contribution in [0.5, 0.6) is 0 Å². The van der Waals surface area contributed by atoms with Gasteiger partial charge in [-0.1, -0.05) is 11.6 Å². The number of aromatic nitrogens is 2. The van der Waals surface area contributed by atoms with Crippen LogP contribution < -0.4 is 0 Å². The predicted octanol–water partition coefficient (Wildman–Crippen LogP) is 5.03. The lowest BCUT2D eigenvalue weighted by Crippen LogP contribution is -2.05. The van der Waals surface area contributed by atoms with Crippen LogP contribution in [0.25, 0.3) is 22.3 Å². The van der Waals surface area contributed by atoms with Crippen LogP contribution in [0.3, 0.4) is 0 Å². The van der Waals surface area contributed by atoms with Crippen molar-refractivity contribution >= 4 is 33.8 Å². The van der Waals surface area contributed by atoms with E-state index in [1.165, 1.54) is 17.4 Å². The highest BCUT2D eigenvalue weighted by molar-refractivity contribution is 7.08. The highest BCUT2D eigenvalue weighted by Gasteiger charge is 2.30. The Morgan fingerprint density at radius 1 is 1.10 bits per heavy atom. The van der Waals surface area contributed by atoms with E-state index in [2.05, 4.69) is 9.97 Å². The number of fused-ring (bicyclic) bond motifs is 1. The summed E-state index contributed by atoms with van der Waals surface area (Å²) in [5, 5.41) is 4.19. The van der Waals surface area contributed by atoms with Crippen molar-refractivity contribution in [3.63, 3.8) is 0 Å². The molecule has 0 spiro atoms. The molecule has 1 aromatic carbocycles. The van der Waals surface area contributed by atoms with Gasteiger partial charge in [0.15, 0.2) is 5.82 Å². The van der Waals surface area contributed by atoms with Crippen LogP contribution in [-0.2, 0) is 6.18 Å². The predicted molar refractivity (Wildman–Crippen MR) is 72.9 cm³/mol. The minimum absolute atomic E-state index is 0.143. The number of rotatable bonds is 1. The maximum absolute atomic E-state index is 12.7.